The topological polar surface area (TPSA) is 72.2 Å². The van der Waals surface area contributed by atoms with E-state index in [0.717, 1.165) is 16.6 Å². The highest BCUT2D eigenvalue weighted by molar-refractivity contribution is 7.99. The molecule has 1 aromatic rings. The number of carbonyl (C=O) groups excluding carboxylic acids is 1. The van der Waals surface area contributed by atoms with E-state index < -0.39 is 4.92 Å². The Morgan fingerprint density at radius 1 is 1.32 bits per heavy atom. The van der Waals surface area contributed by atoms with Gasteiger partial charge in [0.25, 0.3) is 5.69 Å². The minimum absolute atomic E-state index is 0.0468. The zero-order chi connectivity index (χ0) is 15.8. The van der Waals surface area contributed by atoms with E-state index in [0.29, 0.717) is 6.54 Å². The number of benzene rings is 1. The van der Waals surface area contributed by atoms with Gasteiger partial charge in [-0.25, -0.2) is 0 Å². The highest BCUT2D eigenvalue weighted by Gasteiger charge is 2.14. The standard InChI is InChI=1S/C16H20N2O3S/c19-16(17-11-12-22-15-3-1-2-4-15)10-7-13-5-8-14(9-6-13)18(20)21/h5-10,15H,1-4,11-12H2,(H,17,19)/b10-7+. The minimum atomic E-state index is -0.442. The summed E-state index contributed by atoms with van der Waals surface area (Å²) < 4.78 is 0. The molecule has 1 fully saturated rings. The molecular formula is C16H20N2O3S. The summed E-state index contributed by atoms with van der Waals surface area (Å²) in [6, 6.07) is 6.10. The van der Waals surface area contributed by atoms with E-state index in [4.69, 9.17) is 0 Å². The third-order valence-corrected chi connectivity index (χ3v) is 4.97. The zero-order valence-electron chi connectivity index (χ0n) is 12.4. The number of nitrogens with one attached hydrogen (secondary N) is 1. The number of nitro benzene ring substituents is 1. The van der Waals surface area contributed by atoms with E-state index in [1.165, 1.54) is 43.9 Å². The van der Waals surface area contributed by atoms with Gasteiger partial charge in [0.1, 0.15) is 0 Å². The molecule has 0 heterocycles. The number of carbonyl (C=O) groups is 1. The van der Waals surface area contributed by atoms with E-state index in [2.05, 4.69) is 5.32 Å². The van der Waals surface area contributed by atoms with Crippen LogP contribution in [-0.2, 0) is 4.79 Å². The van der Waals surface area contributed by atoms with Crippen molar-refractivity contribution in [3.05, 3.63) is 46.0 Å². The van der Waals surface area contributed by atoms with Crippen LogP contribution in [-0.4, -0.2) is 28.4 Å². The molecular weight excluding hydrogens is 300 g/mol. The van der Waals surface area contributed by atoms with Crippen molar-refractivity contribution >= 4 is 29.4 Å². The summed E-state index contributed by atoms with van der Waals surface area (Å²) in [5.41, 5.74) is 0.812. The van der Waals surface area contributed by atoms with Crippen molar-refractivity contribution in [1.82, 2.24) is 5.32 Å². The van der Waals surface area contributed by atoms with Gasteiger partial charge in [-0.15, -0.1) is 0 Å². The highest BCUT2D eigenvalue weighted by atomic mass is 32.2. The van der Waals surface area contributed by atoms with Gasteiger partial charge in [-0.3, -0.25) is 14.9 Å². The van der Waals surface area contributed by atoms with Crippen LogP contribution in [0.5, 0.6) is 0 Å². The normalized spacial score (nSPS) is 15.3. The predicted molar refractivity (Wildman–Crippen MR) is 89.9 cm³/mol. The summed E-state index contributed by atoms with van der Waals surface area (Å²) in [6.45, 7) is 0.671. The Labute approximate surface area is 134 Å². The zero-order valence-corrected chi connectivity index (χ0v) is 13.2. The van der Waals surface area contributed by atoms with Crippen LogP contribution in [0.3, 0.4) is 0 Å². The van der Waals surface area contributed by atoms with Crippen LogP contribution in [0.1, 0.15) is 31.2 Å². The van der Waals surface area contributed by atoms with Crippen molar-refractivity contribution in [2.24, 2.45) is 0 Å². The first-order chi connectivity index (χ1) is 10.6. The van der Waals surface area contributed by atoms with Crippen LogP contribution in [0.25, 0.3) is 6.08 Å². The van der Waals surface area contributed by atoms with Crippen LogP contribution in [0.2, 0.25) is 0 Å². The third-order valence-electron chi connectivity index (χ3n) is 3.59. The van der Waals surface area contributed by atoms with Gasteiger partial charge < -0.3 is 5.32 Å². The second kappa shape index (κ2) is 8.58. The van der Waals surface area contributed by atoms with Crippen molar-refractivity contribution < 1.29 is 9.72 Å². The second-order valence-corrected chi connectivity index (χ2v) is 6.66. The lowest BCUT2D eigenvalue weighted by atomic mass is 10.2. The Morgan fingerprint density at radius 3 is 2.64 bits per heavy atom. The van der Waals surface area contributed by atoms with E-state index in [-0.39, 0.29) is 11.6 Å². The summed E-state index contributed by atoms with van der Waals surface area (Å²) >= 11 is 1.94. The molecule has 5 nitrogen and oxygen atoms in total. The predicted octanol–water partition coefficient (Wildman–Crippen LogP) is 3.40. The first kappa shape index (κ1) is 16.5. The van der Waals surface area contributed by atoms with Crippen molar-refractivity contribution in [3.8, 4) is 0 Å². The fourth-order valence-corrected chi connectivity index (χ4v) is 3.61. The second-order valence-electron chi connectivity index (χ2n) is 5.25. The smallest absolute Gasteiger partial charge is 0.269 e. The van der Waals surface area contributed by atoms with Gasteiger partial charge in [-0.2, -0.15) is 11.8 Å². The molecule has 1 N–H and O–H groups in total. The molecule has 1 aromatic carbocycles. The fourth-order valence-electron chi connectivity index (χ4n) is 2.39. The monoisotopic (exact) mass is 320 g/mol. The summed E-state index contributed by atoms with van der Waals surface area (Å²) in [5.74, 6) is 0.812. The highest BCUT2D eigenvalue weighted by Crippen LogP contribution is 2.28. The van der Waals surface area contributed by atoms with Crippen LogP contribution >= 0.6 is 11.8 Å². The lowest BCUT2D eigenvalue weighted by Gasteiger charge is -2.08. The third kappa shape index (κ3) is 5.52. The largest absolute Gasteiger partial charge is 0.352 e. The first-order valence-corrected chi connectivity index (χ1v) is 8.52. The molecule has 1 amide bonds. The van der Waals surface area contributed by atoms with Crippen molar-refractivity contribution in [2.75, 3.05) is 12.3 Å². The van der Waals surface area contributed by atoms with Gasteiger partial charge in [-0.1, -0.05) is 12.8 Å². The molecule has 0 aliphatic heterocycles. The SMILES string of the molecule is O=C(/C=C/c1ccc([N+](=O)[O-])cc1)NCCSC1CCCC1. The maximum Gasteiger partial charge on any atom is 0.269 e. The minimum Gasteiger partial charge on any atom is -0.352 e. The van der Waals surface area contributed by atoms with E-state index in [9.17, 15) is 14.9 Å². The molecule has 6 heteroatoms. The Bertz CT molecular complexity index is 537. The van der Waals surface area contributed by atoms with Gasteiger partial charge >= 0.3 is 0 Å². The molecule has 2 rings (SSSR count). The van der Waals surface area contributed by atoms with Gasteiger partial charge in [0.05, 0.1) is 4.92 Å². The molecule has 1 aliphatic carbocycles. The number of nitro groups is 1. The molecule has 0 unspecified atom stereocenters. The summed E-state index contributed by atoms with van der Waals surface area (Å²) in [7, 11) is 0. The molecule has 0 aromatic heterocycles. The maximum absolute atomic E-state index is 11.7. The van der Waals surface area contributed by atoms with Crippen molar-refractivity contribution in [1.29, 1.82) is 0 Å². The van der Waals surface area contributed by atoms with Crippen molar-refractivity contribution in [2.45, 2.75) is 30.9 Å². The summed E-state index contributed by atoms with van der Waals surface area (Å²) in [5, 5.41) is 14.2. The Morgan fingerprint density at radius 2 is 2.00 bits per heavy atom. The van der Waals surface area contributed by atoms with E-state index in [1.807, 2.05) is 11.8 Å². The number of hydrogen-bond donors (Lipinski definition) is 1. The Kier molecular flexibility index (Phi) is 6.45. The van der Waals surface area contributed by atoms with Crippen LogP contribution in [0.15, 0.2) is 30.3 Å². The lowest BCUT2D eigenvalue weighted by Crippen LogP contribution is -2.24. The van der Waals surface area contributed by atoms with Gasteiger partial charge in [0, 0.05) is 35.8 Å². The quantitative estimate of drug-likeness (QED) is 0.362. The molecule has 1 aliphatic rings. The van der Waals surface area contributed by atoms with E-state index >= 15 is 0 Å². The molecule has 0 bridgehead atoms. The number of amides is 1. The average molecular weight is 320 g/mol. The summed E-state index contributed by atoms with van der Waals surface area (Å²) in [6.07, 6.45) is 8.39. The number of rotatable bonds is 7. The fraction of sp³-hybridized carbons (Fsp3) is 0.438. The number of non-ortho nitro benzene ring substituents is 1. The molecule has 118 valence electrons. The average Bonchev–Trinajstić information content (AvgIpc) is 3.03. The first-order valence-electron chi connectivity index (χ1n) is 7.47. The lowest BCUT2D eigenvalue weighted by molar-refractivity contribution is -0.384. The molecule has 0 atom stereocenters. The van der Waals surface area contributed by atoms with Gasteiger partial charge in [-0.05, 0) is 36.6 Å². The molecule has 0 saturated heterocycles. The molecule has 0 radical (unpaired) electrons. The Hall–Kier alpha value is -1.82. The van der Waals surface area contributed by atoms with Crippen LogP contribution in [0, 0.1) is 10.1 Å². The summed E-state index contributed by atoms with van der Waals surface area (Å²) in [4.78, 5) is 21.8. The number of thioether (sulfide) groups is 1. The molecule has 0 spiro atoms. The van der Waals surface area contributed by atoms with Crippen molar-refractivity contribution in [3.63, 3.8) is 0 Å². The van der Waals surface area contributed by atoms with Gasteiger partial charge in [0.15, 0.2) is 0 Å². The van der Waals surface area contributed by atoms with Gasteiger partial charge in [0.2, 0.25) is 5.91 Å². The number of nitrogens with zero attached hydrogens (tertiary/aromatic N) is 1. The van der Waals surface area contributed by atoms with Crippen LogP contribution < -0.4 is 5.32 Å². The van der Waals surface area contributed by atoms with E-state index in [1.54, 1.807) is 18.2 Å². The van der Waals surface area contributed by atoms with Crippen LogP contribution in [0.4, 0.5) is 5.69 Å². The maximum atomic E-state index is 11.7. The Balaban J connectivity index is 1.68. The molecule has 1 saturated carbocycles. The molecule has 22 heavy (non-hydrogen) atoms. The number of hydrogen-bond acceptors (Lipinski definition) is 4.